The van der Waals surface area contributed by atoms with Crippen LogP contribution in [-0.2, 0) is 6.54 Å². The molecule has 0 aliphatic carbocycles. The van der Waals surface area contributed by atoms with Crippen LogP contribution in [0, 0.1) is 0 Å². The first-order valence-electron chi connectivity index (χ1n) is 6.44. The number of carbonyl (C=O) groups is 1. The molecule has 2 heterocycles. The number of nitrogen functional groups attached to an aromatic ring is 1. The van der Waals surface area contributed by atoms with Gasteiger partial charge in [-0.15, -0.1) is 0 Å². The fourth-order valence-electron chi connectivity index (χ4n) is 1.60. The van der Waals surface area contributed by atoms with Gasteiger partial charge in [0, 0.05) is 32.0 Å². The fourth-order valence-corrected chi connectivity index (χ4v) is 2.43. The van der Waals surface area contributed by atoms with Crippen LogP contribution in [0.3, 0.4) is 0 Å². The molecule has 0 unspecified atom stereocenters. The first kappa shape index (κ1) is 14.3. The highest BCUT2D eigenvalue weighted by molar-refractivity contribution is 7.18. The zero-order valence-electron chi connectivity index (χ0n) is 11.3. The number of nitrogens with one attached hydrogen (secondary N) is 2. The van der Waals surface area contributed by atoms with E-state index in [4.69, 9.17) is 5.73 Å². The van der Waals surface area contributed by atoms with Crippen LogP contribution in [0.25, 0.3) is 0 Å². The Labute approximate surface area is 121 Å². The van der Waals surface area contributed by atoms with E-state index < -0.39 is 0 Å². The summed E-state index contributed by atoms with van der Waals surface area (Å²) >= 11 is 1.28. The monoisotopic (exact) mass is 294 g/mol. The largest absolute Gasteiger partial charge is 0.382 e. The predicted octanol–water partition coefficient (Wildman–Crippen LogP) is 1.17. The SMILES string of the molecule is CCCNc1nc(N)c(C(=O)NCCn2ccnc2)s1. The summed E-state index contributed by atoms with van der Waals surface area (Å²) in [5.41, 5.74) is 5.76. The van der Waals surface area contributed by atoms with Crippen LogP contribution in [0.5, 0.6) is 0 Å². The molecule has 0 aliphatic rings. The van der Waals surface area contributed by atoms with E-state index in [0.717, 1.165) is 13.0 Å². The van der Waals surface area contributed by atoms with Crippen LogP contribution in [0.1, 0.15) is 23.0 Å². The average molecular weight is 294 g/mol. The molecule has 0 bridgehead atoms. The molecule has 8 heteroatoms. The second kappa shape index (κ2) is 6.90. The van der Waals surface area contributed by atoms with E-state index in [1.165, 1.54) is 11.3 Å². The molecule has 0 aliphatic heterocycles. The molecule has 2 rings (SSSR count). The van der Waals surface area contributed by atoms with Crippen LogP contribution < -0.4 is 16.4 Å². The van der Waals surface area contributed by atoms with Crippen molar-refractivity contribution in [2.24, 2.45) is 0 Å². The lowest BCUT2D eigenvalue weighted by Gasteiger charge is -2.04. The van der Waals surface area contributed by atoms with Crippen LogP contribution >= 0.6 is 11.3 Å². The molecule has 0 aromatic carbocycles. The Kier molecular flexibility index (Phi) is 4.94. The lowest BCUT2D eigenvalue weighted by Crippen LogP contribution is -2.26. The highest BCUT2D eigenvalue weighted by Gasteiger charge is 2.15. The molecule has 7 nitrogen and oxygen atoms in total. The summed E-state index contributed by atoms with van der Waals surface area (Å²) in [6.45, 7) is 4.07. The normalized spacial score (nSPS) is 10.4. The number of rotatable bonds is 7. The minimum Gasteiger partial charge on any atom is -0.382 e. The molecule has 0 saturated heterocycles. The van der Waals surface area contributed by atoms with Gasteiger partial charge in [0.1, 0.15) is 10.7 Å². The van der Waals surface area contributed by atoms with Gasteiger partial charge in [0.05, 0.1) is 6.33 Å². The van der Waals surface area contributed by atoms with Gasteiger partial charge in [-0.2, -0.15) is 0 Å². The predicted molar refractivity (Wildman–Crippen MR) is 79.9 cm³/mol. The standard InChI is InChI=1S/C12H18N6OS/c1-2-3-16-12-17-10(13)9(20-12)11(19)15-5-7-18-6-4-14-8-18/h4,6,8H,2-3,5,7,13H2,1H3,(H,15,19)(H,16,17). The minimum atomic E-state index is -0.190. The Morgan fingerprint density at radius 1 is 1.50 bits per heavy atom. The van der Waals surface area contributed by atoms with Crippen molar-refractivity contribution in [2.75, 3.05) is 24.1 Å². The lowest BCUT2D eigenvalue weighted by molar-refractivity contribution is 0.0957. The Hall–Kier alpha value is -2.09. The van der Waals surface area contributed by atoms with Gasteiger partial charge in [0.25, 0.3) is 5.91 Å². The number of amides is 1. The molecule has 0 atom stereocenters. The molecule has 20 heavy (non-hydrogen) atoms. The van der Waals surface area contributed by atoms with E-state index in [1.54, 1.807) is 12.5 Å². The number of hydrogen-bond acceptors (Lipinski definition) is 6. The Morgan fingerprint density at radius 2 is 2.35 bits per heavy atom. The number of imidazole rings is 1. The summed E-state index contributed by atoms with van der Waals surface area (Å²) in [4.78, 5) is 20.5. The molecule has 1 amide bonds. The third-order valence-electron chi connectivity index (χ3n) is 2.60. The van der Waals surface area contributed by atoms with E-state index >= 15 is 0 Å². The van der Waals surface area contributed by atoms with Gasteiger partial charge in [0.15, 0.2) is 5.13 Å². The third kappa shape index (κ3) is 3.70. The van der Waals surface area contributed by atoms with Crippen molar-refractivity contribution in [2.45, 2.75) is 19.9 Å². The number of thiazole rings is 1. The second-order valence-electron chi connectivity index (χ2n) is 4.22. The number of nitrogens with zero attached hydrogens (tertiary/aromatic N) is 3. The molecule has 0 spiro atoms. The zero-order chi connectivity index (χ0) is 14.4. The molecule has 2 aromatic rings. The Balaban J connectivity index is 1.86. The number of carbonyl (C=O) groups excluding carboxylic acids is 1. The van der Waals surface area contributed by atoms with Gasteiger partial charge in [-0.25, -0.2) is 9.97 Å². The summed E-state index contributed by atoms with van der Waals surface area (Å²) in [7, 11) is 0. The van der Waals surface area contributed by atoms with Gasteiger partial charge < -0.3 is 20.9 Å². The zero-order valence-corrected chi connectivity index (χ0v) is 12.1. The molecule has 0 fully saturated rings. The lowest BCUT2D eigenvalue weighted by atomic mass is 10.4. The van der Waals surface area contributed by atoms with Crippen LogP contribution in [0.4, 0.5) is 10.9 Å². The molecular formula is C12H18N6OS. The minimum absolute atomic E-state index is 0.190. The molecule has 2 aromatic heterocycles. The van der Waals surface area contributed by atoms with Crippen LogP contribution in [0.15, 0.2) is 18.7 Å². The maximum atomic E-state index is 12.0. The highest BCUT2D eigenvalue weighted by atomic mass is 32.1. The summed E-state index contributed by atoms with van der Waals surface area (Å²) in [5.74, 6) is 0.0818. The van der Waals surface area contributed by atoms with Crippen LogP contribution in [0.2, 0.25) is 0 Å². The smallest absolute Gasteiger partial charge is 0.265 e. The van der Waals surface area contributed by atoms with E-state index in [9.17, 15) is 4.79 Å². The van der Waals surface area contributed by atoms with E-state index in [2.05, 4.69) is 27.5 Å². The summed E-state index contributed by atoms with van der Waals surface area (Å²) in [6, 6.07) is 0. The van der Waals surface area contributed by atoms with Crippen LogP contribution in [-0.4, -0.2) is 33.5 Å². The van der Waals surface area contributed by atoms with Gasteiger partial charge in [-0.3, -0.25) is 4.79 Å². The molecule has 0 saturated carbocycles. The topological polar surface area (TPSA) is 97.9 Å². The Morgan fingerprint density at radius 3 is 3.05 bits per heavy atom. The molecule has 108 valence electrons. The van der Waals surface area contributed by atoms with Crippen molar-refractivity contribution in [3.05, 3.63) is 23.6 Å². The third-order valence-corrected chi connectivity index (χ3v) is 3.63. The number of nitrogens with two attached hydrogens (primary N) is 1. The van der Waals surface area contributed by atoms with Gasteiger partial charge in [-0.1, -0.05) is 18.3 Å². The van der Waals surface area contributed by atoms with Crippen molar-refractivity contribution in [1.82, 2.24) is 19.9 Å². The highest BCUT2D eigenvalue weighted by Crippen LogP contribution is 2.24. The maximum Gasteiger partial charge on any atom is 0.265 e. The van der Waals surface area contributed by atoms with Crippen molar-refractivity contribution in [3.63, 3.8) is 0 Å². The summed E-state index contributed by atoms with van der Waals surface area (Å²) in [6.07, 6.45) is 6.25. The average Bonchev–Trinajstić information content (AvgIpc) is 3.06. The first-order chi connectivity index (χ1) is 9.70. The van der Waals surface area contributed by atoms with E-state index in [-0.39, 0.29) is 11.7 Å². The fraction of sp³-hybridized carbons (Fsp3) is 0.417. The number of aromatic nitrogens is 3. The number of anilines is 2. The summed E-state index contributed by atoms with van der Waals surface area (Å²) in [5, 5.41) is 6.63. The number of hydrogen-bond donors (Lipinski definition) is 3. The Bertz CT molecular complexity index is 550. The summed E-state index contributed by atoms with van der Waals surface area (Å²) < 4.78 is 1.89. The van der Waals surface area contributed by atoms with Gasteiger partial charge in [0.2, 0.25) is 0 Å². The van der Waals surface area contributed by atoms with Crippen molar-refractivity contribution in [3.8, 4) is 0 Å². The van der Waals surface area contributed by atoms with Crippen molar-refractivity contribution >= 4 is 28.2 Å². The van der Waals surface area contributed by atoms with Crippen molar-refractivity contribution < 1.29 is 4.79 Å². The van der Waals surface area contributed by atoms with Crippen molar-refractivity contribution in [1.29, 1.82) is 0 Å². The first-order valence-corrected chi connectivity index (χ1v) is 7.26. The maximum absolute atomic E-state index is 12.0. The second-order valence-corrected chi connectivity index (χ2v) is 5.22. The van der Waals surface area contributed by atoms with E-state index in [0.29, 0.717) is 23.1 Å². The van der Waals surface area contributed by atoms with E-state index in [1.807, 2.05) is 10.8 Å². The molecular weight excluding hydrogens is 276 g/mol. The quantitative estimate of drug-likeness (QED) is 0.712. The molecule has 4 N–H and O–H groups in total. The van der Waals surface area contributed by atoms with Gasteiger partial charge >= 0.3 is 0 Å². The van der Waals surface area contributed by atoms with Gasteiger partial charge in [-0.05, 0) is 6.42 Å². The molecule has 0 radical (unpaired) electrons.